The van der Waals surface area contributed by atoms with Crippen LogP contribution in [0.1, 0.15) is 31.3 Å². The number of hydrogen-bond acceptors (Lipinski definition) is 4. The quantitative estimate of drug-likeness (QED) is 0.760. The summed E-state index contributed by atoms with van der Waals surface area (Å²) in [7, 11) is 0. The van der Waals surface area contributed by atoms with Crippen molar-refractivity contribution in [3.63, 3.8) is 0 Å². The van der Waals surface area contributed by atoms with E-state index in [0.717, 1.165) is 0 Å². The lowest BCUT2D eigenvalue weighted by Gasteiger charge is -2.15. The van der Waals surface area contributed by atoms with Crippen molar-refractivity contribution in [2.24, 2.45) is 11.7 Å². The Kier molecular flexibility index (Phi) is 4.49. The van der Waals surface area contributed by atoms with Crippen molar-refractivity contribution in [1.29, 1.82) is 0 Å². The van der Waals surface area contributed by atoms with Crippen molar-refractivity contribution in [1.82, 2.24) is 9.55 Å². The summed E-state index contributed by atoms with van der Waals surface area (Å²) in [5.74, 6) is -0.0768. The molecule has 0 amide bonds. The number of aromatic nitrogens is 2. The third-order valence-electron chi connectivity index (χ3n) is 2.46. The zero-order valence-corrected chi connectivity index (χ0v) is 10.0. The first-order valence-electron chi connectivity index (χ1n) is 5.47. The number of esters is 1. The fourth-order valence-corrected chi connectivity index (χ4v) is 1.10. The van der Waals surface area contributed by atoms with Crippen molar-refractivity contribution >= 4 is 5.97 Å². The van der Waals surface area contributed by atoms with Gasteiger partial charge in [0.15, 0.2) is 5.69 Å². The van der Waals surface area contributed by atoms with E-state index in [1.807, 2.05) is 20.8 Å². The molecule has 0 aliphatic carbocycles. The van der Waals surface area contributed by atoms with Gasteiger partial charge in [0.05, 0.1) is 6.33 Å². The SMILES string of the molecule is CC(C)C(C)OC(=O)c1cn(CCN)cn1. The summed E-state index contributed by atoms with van der Waals surface area (Å²) in [5.41, 5.74) is 5.74. The van der Waals surface area contributed by atoms with Gasteiger partial charge in [-0.2, -0.15) is 0 Å². The summed E-state index contributed by atoms with van der Waals surface area (Å²) < 4.78 is 7.02. The molecule has 0 aliphatic rings. The molecule has 0 radical (unpaired) electrons. The lowest BCUT2D eigenvalue weighted by Crippen LogP contribution is -2.20. The van der Waals surface area contributed by atoms with E-state index in [-0.39, 0.29) is 12.1 Å². The van der Waals surface area contributed by atoms with Crippen molar-refractivity contribution < 1.29 is 9.53 Å². The number of rotatable bonds is 5. The van der Waals surface area contributed by atoms with Crippen LogP contribution in [0.25, 0.3) is 0 Å². The molecule has 0 fully saturated rings. The molecule has 1 aromatic heterocycles. The Morgan fingerprint density at radius 1 is 1.56 bits per heavy atom. The van der Waals surface area contributed by atoms with Crippen molar-refractivity contribution in [2.45, 2.75) is 33.4 Å². The van der Waals surface area contributed by atoms with Crippen molar-refractivity contribution in [3.8, 4) is 0 Å². The van der Waals surface area contributed by atoms with Gasteiger partial charge in [0.1, 0.15) is 6.10 Å². The summed E-state index contributed by atoms with van der Waals surface area (Å²) >= 11 is 0. The van der Waals surface area contributed by atoms with Gasteiger partial charge in [-0.15, -0.1) is 0 Å². The second-order valence-electron chi connectivity index (χ2n) is 4.14. The Morgan fingerprint density at radius 2 is 2.25 bits per heavy atom. The molecule has 5 nitrogen and oxygen atoms in total. The standard InChI is InChI=1S/C11H19N3O2/c1-8(2)9(3)16-11(15)10-6-14(5-4-12)7-13-10/h6-9H,4-5,12H2,1-3H3. The van der Waals surface area contributed by atoms with Crippen LogP contribution in [0.4, 0.5) is 0 Å². The van der Waals surface area contributed by atoms with E-state index in [4.69, 9.17) is 10.5 Å². The van der Waals surface area contributed by atoms with Gasteiger partial charge < -0.3 is 15.0 Å². The van der Waals surface area contributed by atoms with Gasteiger partial charge in [0, 0.05) is 19.3 Å². The average molecular weight is 225 g/mol. The van der Waals surface area contributed by atoms with E-state index >= 15 is 0 Å². The van der Waals surface area contributed by atoms with Gasteiger partial charge in [-0.3, -0.25) is 0 Å². The van der Waals surface area contributed by atoms with Crippen LogP contribution in [0.5, 0.6) is 0 Å². The van der Waals surface area contributed by atoms with Gasteiger partial charge in [-0.25, -0.2) is 9.78 Å². The van der Waals surface area contributed by atoms with Gasteiger partial charge in [-0.1, -0.05) is 13.8 Å². The van der Waals surface area contributed by atoms with E-state index < -0.39 is 0 Å². The lowest BCUT2D eigenvalue weighted by molar-refractivity contribution is 0.0231. The molecule has 16 heavy (non-hydrogen) atoms. The molecular formula is C11H19N3O2. The molecule has 0 aliphatic heterocycles. The van der Waals surface area contributed by atoms with Crippen LogP contribution in [-0.2, 0) is 11.3 Å². The van der Waals surface area contributed by atoms with E-state index in [9.17, 15) is 4.79 Å². The lowest BCUT2D eigenvalue weighted by atomic mass is 10.1. The zero-order valence-electron chi connectivity index (χ0n) is 10.0. The Morgan fingerprint density at radius 3 is 2.81 bits per heavy atom. The van der Waals surface area contributed by atoms with Crippen LogP contribution in [0.3, 0.4) is 0 Å². The molecule has 1 unspecified atom stereocenters. The summed E-state index contributed by atoms with van der Waals surface area (Å²) in [6.45, 7) is 7.06. The highest BCUT2D eigenvalue weighted by molar-refractivity contribution is 5.87. The number of ether oxygens (including phenoxy) is 1. The number of imidazole rings is 1. The van der Waals surface area contributed by atoms with E-state index in [0.29, 0.717) is 24.7 Å². The highest BCUT2D eigenvalue weighted by Crippen LogP contribution is 2.08. The smallest absolute Gasteiger partial charge is 0.358 e. The molecule has 0 saturated heterocycles. The van der Waals surface area contributed by atoms with Crippen LogP contribution < -0.4 is 5.73 Å². The molecule has 5 heteroatoms. The molecule has 1 atom stereocenters. The maximum atomic E-state index is 11.6. The fraction of sp³-hybridized carbons (Fsp3) is 0.636. The number of nitrogens with two attached hydrogens (primary N) is 1. The van der Waals surface area contributed by atoms with Gasteiger partial charge >= 0.3 is 5.97 Å². The minimum Gasteiger partial charge on any atom is -0.458 e. The molecule has 0 saturated carbocycles. The first-order valence-corrected chi connectivity index (χ1v) is 5.47. The Balaban J connectivity index is 2.59. The minimum absolute atomic E-state index is 0.104. The van der Waals surface area contributed by atoms with Crippen LogP contribution >= 0.6 is 0 Å². The van der Waals surface area contributed by atoms with E-state index in [1.54, 1.807) is 17.1 Å². The predicted molar refractivity (Wildman–Crippen MR) is 61.0 cm³/mol. The molecule has 1 aromatic rings. The number of nitrogens with zero attached hydrogens (tertiary/aromatic N) is 2. The number of carbonyl (C=O) groups is 1. The maximum absolute atomic E-state index is 11.6. The molecular weight excluding hydrogens is 206 g/mol. The molecule has 1 heterocycles. The normalized spacial score (nSPS) is 12.8. The summed E-state index contributed by atoms with van der Waals surface area (Å²) in [4.78, 5) is 15.6. The van der Waals surface area contributed by atoms with Gasteiger partial charge in [-0.05, 0) is 12.8 Å². The van der Waals surface area contributed by atoms with Crippen LogP contribution in [-0.4, -0.2) is 28.2 Å². The van der Waals surface area contributed by atoms with Crippen LogP contribution in [0, 0.1) is 5.92 Å². The Labute approximate surface area is 95.6 Å². The van der Waals surface area contributed by atoms with Crippen molar-refractivity contribution in [3.05, 3.63) is 18.2 Å². The number of carbonyl (C=O) groups excluding carboxylic acids is 1. The van der Waals surface area contributed by atoms with Crippen LogP contribution in [0.2, 0.25) is 0 Å². The first-order chi connectivity index (χ1) is 7.54. The molecule has 1 rings (SSSR count). The molecule has 90 valence electrons. The zero-order chi connectivity index (χ0) is 12.1. The minimum atomic E-state index is -0.378. The van der Waals surface area contributed by atoms with Crippen LogP contribution in [0.15, 0.2) is 12.5 Å². The van der Waals surface area contributed by atoms with E-state index in [2.05, 4.69) is 4.98 Å². The maximum Gasteiger partial charge on any atom is 0.358 e. The predicted octanol–water partition coefficient (Wildman–Crippen LogP) is 1.04. The molecule has 2 N–H and O–H groups in total. The highest BCUT2D eigenvalue weighted by atomic mass is 16.5. The second kappa shape index (κ2) is 5.65. The topological polar surface area (TPSA) is 70.1 Å². The molecule has 0 aromatic carbocycles. The Bertz CT molecular complexity index is 347. The van der Waals surface area contributed by atoms with E-state index in [1.165, 1.54) is 0 Å². The molecule has 0 bridgehead atoms. The first kappa shape index (κ1) is 12.7. The van der Waals surface area contributed by atoms with Gasteiger partial charge in [0.25, 0.3) is 0 Å². The fourth-order valence-electron chi connectivity index (χ4n) is 1.10. The number of hydrogen-bond donors (Lipinski definition) is 1. The molecule has 0 spiro atoms. The second-order valence-corrected chi connectivity index (χ2v) is 4.14. The summed E-state index contributed by atoms with van der Waals surface area (Å²) in [5, 5.41) is 0. The largest absolute Gasteiger partial charge is 0.458 e. The third-order valence-corrected chi connectivity index (χ3v) is 2.46. The average Bonchev–Trinajstić information content (AvgIpc) is 2.66. The highest BCUT2D eigenvalue weighted by Gasteiger charge is 2.16. The van der Waals surface area contributed by atoms with Crippen molar-refractivity contribution in [2.75, 3.05) is 6.54 Å². The third kappa shape index (κ3) is 3.34. The summed E-state index contributed by atoms with van der Waals surface area (Å²) in [6, 6.07) is 0. The Hall–Kier alpha value is -1.36. The monoisotopic (exact) mass is 225 g/mol. The van der Waals surface area contributed by atoms with Gasteiger partial charge in [0.2, 0.25) is 0 Å². The summed E-state index contributed by atoms with van der Waals surface area (Å²) in [6.07, 6.45) is 3.14.